The first kappa shape index (κ1) is 53.2. The van der Waals surface area contributed by atoms with Gasteiger partial charge in [-0.05, 0) is 64.2 Å². The molecule has 1 rings (SSSR count). The van der Waals surface area contributed by atoms with Crippen molar-refractivity contribution in [2.24, 2.45) is 0 Å². The SMILES string of the molecule is CCCCCC/C=C/CCCCCCCCCCCC(=O)O[C@H](COC(=O)CCCCCCC/C=C/CCCCCCCC)CO[C@@H]1O[C@H](CO)[C@H](O)C(O)C1O. The highest BCUT2D eigenvalue weighted by molar-refractivity contribution is 5.70. The molecule has 0 aromatic carbocycles. The Hall–Kier alpha value is -1.82. The fraction of sp³-hybridized carbons (Fsp3) is 0.872. The number of aliphatic hydroxyl groups excluding tert-OH is 4. The topological polar surface area (TPSA) is 152 Å². The molecule has 1 aliphatic heterocycles. The van der Waals surface area contributed by atoms with Crippen LogP contribution in [0.3, 0.4) is 0 Å². The minimum absolute atomic E-state index is 0.220. The van der Waals surface area contributed by atoms with Gasteiger partial charge in [-0.3, -0.25) is 9.59 Å². The van der Waals surface area contributed by atoms with Gasteiger partial charge < -0.3 is 39.4 Å². The van der Waals surface area contributed by atoms with Crippen LogP contribution in [0.25, 0.3) is 0 Å². The Labute approximate surface area is 347 Å². The van der Waals surface area contributed by atoms with Gasteiger partial charge in [-0.15, -0.1) is 0 Å². The minimum atomic E-state index is -1.59. The first-order valence-electron chi connectivity index (χ1n) is 23.4. The number of aliphatic hydroxyl groups is 4. The molecule has 6 atom stereocenters. The van der Waals surface area contributed by atoms with Crippen molar-refractivity contribution in [1.29, 1.82) is 0 Å². The fourth-order valence-corrected chi connectivity index (χ4v) is 7.06. The molecule has 0 radical (unpaired) electrons. The van der Waals surface area contributed by atoms with Crippen molar-refractivity contribution in [3.8, 4) is 0 Å². The lowest BCUT2D eigenvalue weighted by Crippen LogP contribution is -2.59. The van der Waals surface area contributed by atoms with E-state index in [9.17, 15) is 30.0 Å². The summed E-state index contributed by atoms with van der Waals surface area (Å²) in [5.41, 5.74) is 0. The van der Waals surface area contributed by atoms with Crippen LogP contribution in [-0.4, -0.2) is 89.0 Å². The molecule has 1 aliphatic rings. The van der Waals surface area contributed by atoms with Crippen molar-refractivity contribution >= 4 is 11.9 Å². The number of carbonyl (C=O) groups is 2. The summed E-state index contributed by atoms with van der Waals surface area (Å²) < 4.78 is 22.2. The van der Waals surface area contributed by atoms with E-state index in [2.05, 4.69) is 38.2 Å². The molecular formula is C47H86O10. The zero-order valence-corrected chi connectivity index (χ0v) is 36.3. The average molecular weight is 811 g/mol. The number of rotatable bonds is 39. The van der Waals surface area contributed by atoms with Gasteiger partial charge in [-0.1, -0.05) is 154 Å². The number of esters is 2. The molecule has 0 aromatic heterocycles. The monoisotopic (exact) mass is 811 g/mol. The van der Waals surface area contributed by atoms with E-state index < -0.39 is 49.4 Å². The standard InChI is InChI=1S/C47H86O10/c1-3-5-7-9-11-13-15-17-19-20-22-24-26-28-30-32-34-36-43(50)56-40(39-55-47-46(53)45(52)44(51)41(37-48)57-47)38-54-42(49)35-33-31-29-27-25-23-21-18-16-14-12-10-8-6-4-2/h13,15,18,21,40-41,44-48,51-53H,3-12,14,16-17,19-20,22-39H2,1-2H3/b15-13+,21-18+/t40-,41-,44+,45?,46?,47-/m1/s1. The number of allylic oxidation sites excluding steroid dienone is 4. The second-order valence-electron chi connectivity index (χ2n) is 16.2. The van der Waals surface area contributed by atoms with Crippen LogP contribution < -0.4 is 0 Å². The maximum atomic E-state index is 12.8. The highest BCUT2D eigenvalue weighted by Gasteiger charge is 2.44. The van der Waals surface area contributed by atoms with Crippen LogP contribution in [0.5, 0.6) is 0 Å². The predicted octanol–water partition coefficient (Wildman–Crippen LogP) is 10.1. The number of carbonyl (C=O) groups excluding carboxylic acids is 2. The highest BCUT2D eigenvalue weighted by Crippen LogP contribution is 2.23. The number of ether oxygens (including phenoxy) is 4. The van der Waals surface area contributed by atoms with Crippen molar-refractivity contribution in [3.05, 3.63) is 24.3 Å². The van der Waals surface area contributed by atoms with Gasteiger partial charge in [0.1, 0.15) is 31.0 Å². The van der Waals surface area contributed by atoms with Crippen molar-refractivity contribution in [2.45, 2.75) is 243 Å². The Bertz CT molecular complexity index is 985. The zero-order chi connectivity index (χ0) is 41.6. The van der Waals surface area contributed by atoms with Gasteiger partial charge in [-0.2, -0.15) is 0 Å². The number of hydrogen-bond donors (Lipinski definition) is 4. The van der Waals surface area contributed by atoms with Crippen LogP contribution in [0, 0.1) is 0 Å². The fourth-order valence-electron chi connectivity index (χ4n) is 7.06. The average Bonchev–Trinajstić information content (AvgIpc) is 3.21. The second kappa shape index (κ2) is 38.4. The van der Waals surface area contributed by atoms with Gasteiger partial charge in [0, 0.05) is 12.8 Å². The molecule has 1 saturated heterocycles. The third-order valence-electron chi connectivity index (χ3n) is 10.8. The van der Waals surface area contributed by atoms with Crippen LogP contribution in [0.2, 0.25) is 0 Å². The lowest BCUT2D eigenvalue weighted by atomic mass is 9.99. The summed E-state index contributed by atoms with van der Waals surface area (Å²) in [7, 11) is 0. The smallest absolute Gasteiger partial charge is 0.306 e. The molecule has 1 heterocycles. The van der Waals surface area contributed by atoms with Gasteiger partial charge in [-0.25, -0.2) is 0 Å². The minimum Gasteiger partial charge on any atom is -0.462 e. The molecular weight excluding hydrogens is 725 g/mol. The molecule has 334 valence electrons. The van der Waals surface area contributed by atoms with Crippen molar-refractivity contribution in [3.63, 3.8) is 0 Å². The number of unbranched alkanes of at least 4 members (excludes halogenated alkanes) is 24. The normalized spacial score (nSPS) is 20.4. The van der Waals surface area contributed by atoms with Gasteiger partial charge in [0.2, 0.25) is 0 Å². The molecule has 0 aromatic rings. The molecule has 0 bridgehead atoms. The van der Waals surface area contributed by atoms with Gasteiger partial charge >= 0.3 is 11.9 Å². The lowest BCUT2D eigenvalue weighted by Gasteiger charge is -2.39. The summed E-state index contributed by atoms with van der Waals surface area (Å²) in [4.78, 5) is 25.3. The Morgan fingerprint density at radius 2 is 0.930 bits per heavy atom. The maximum Gasteiger partial charge on any atom is 0.306 e. The number of hydrogen-bond acceptors (Lipinski definition) is 10. The Morgan fingerprint density at radius 1 is 0.526 bits per heavy atom. The highest BCUT2D eigenvalue weighted by atomic mass is 16.7. The third-order valence-corrected chi connectivity index (χ3v) is 10.8. The van der Waals surface area contributed by atoms with E-state index in [-0.39, 0.29) is 32.0 Å². The molecule has 10 nitrogen and oxygen atoms in total. The van der Waals surface area contributed by atoms with E-state index in [1.54, 1.807) is 0 Å². The maximum absolute atomic E-state index is 12.8. The molecule has 10 heteroatoms. The molecule has 57 heavy (non-hydrogen) atoms. The predicted molar refractivity (Wildman–Crippen MR) is 229 cm³/mol. The van der Waals surface area contributed by atoms with E-state index in [4.69, 9.17) is 18.9 Å². The summed E-state index contributed by atoms with van der Waals surface area (Å²) in [6, 6.07) is 0. The van der Waals surface area contributed by atoms with Gasteiger partial charge in [0.25, 0.3) is 0 Å². The van der Waals surface area contributed by atoms with Crippen molar-refractivity contribution in [2.75, 3.05) is 19.8 Å². The summed E-state index contributed by atoms with van der Waals surface area (Å²) in [5, 5.41) is 40.1. The second-order valence-corrected chi connectivity index (χ2v) is 16.2. The quantitative estimate of drug-likeness (QED) is 0.0268. The summed E-state index contributed by atoms with van der Waals surface area (Å²) in [6.07, 6.45) is 34.6. The van der Waals surface area contributed by atoms with Crippen LogP contribution in [0.15, 0.2) is 24.3 Å². The van der Waals surface area contributed by atoms with E-state index >= 15 is 0 Å². The van der Waals surface area contributed by atoms with Gasteiger partial charge in [0.05, 0.1) is 13.2 Å². The molecule has 0 saturated carbocycles. The Kier molecular flexibility index (Phi) is 35.8. The zero-order valence-electron chi connectivity index (χ0n) is 36.3. The summed E-state index contributed by atoms with van der Waals surface area (Å²) in [5.74, 6) is -0.813. The molecule has 0 amide bonds. The van der Waals surface area contributed by atoms with Crippen LogP contribution >= 0.6 is 0 Å². The van der Waals surface area contributed by atoms with Crippen LogP contribution in [0.4, 0.5) is 0 Å². The Balaban J connectivity index is 2.31. The largest absolute Gasteiger partial charge is 0.462 e. The van der Waals surface area contributed by atoms with E-state index in [0.29, 0.717) is 6.42 Å². The lowest BCUT2D eigenvalue weighted by molar-refractivity contribution is -0.305. The van der Waals surface area contributed by atoms with E-state index in [1.165, 1.54) is 116 Å². The molecule has 0 spiro atoms. The summed E-state index contributed by atoms with van der Waals surface area (Å²) >= 11 is 0. The van der Waals surface area contributed by atoms with Crippen LogP contribution in [-0.2, 0) is 28.5 Å². The van der Waals surface area contributed by atoms with Crippen LogP contribution in [0.1, 0.15) is 206 Å². The summed E-state index contributed by atoms with van der Waals surface area (Å²) in [6.45, 7) is 3.41. The molecule has 4 N–H and O–H groups in total. The van der Waals surface area contributed by atoms with Gasteiger partial charge in [0.15, 0.2) is 12.4 Å². The third kappa shape index (κ3) is 30.0. The van der Waals surface area contributed by atoms with Crippen molar-refractivity contribution in [1.82, 2.24) is 0 Å². The van der Waals surface area contributed by atoms with E-state index in [0.717, 1.165) is 57.8 Å². The first-order chi connectivity index (χ1) is 27.8. The molecule has 1 fully saturated rings. The molecule has 0 aliphatic carbocycles. The Morgan fingerprint density at radius 3 is 1.39 bits per heavy atom. The van der Waals surface area contributed by atoms with E-state index in [1.807, 2.05) is 0 Å². The molecule has 2 unspecified atom stereocenters. The van der Waals surface area contributed by atoms with Crippen molar-refractivity contribution < 1.29 is 49.0 Å². The first-order valence-corrected chi connectivity index (χ1v) is 23.4.